The summed E-state index contributed by atoms with van der Waals surface area (Å²) in [6.45, 7) is 1.28. The monoisotopic (exact) mass is 256 g/mol. The van der Waals surface area contributed by atoms with Crippen molar-refractivity contribution in [2.45, 2.75) is 43.9 Å². The van der Waals surface area contributed by atoms with Gasteiger partial charge in [-0.3, -0.25) is 0 Å². The van der Waals surface area contributed by atoms with Crippen LogP contribution >= 0.6 is 0 Å². The maximum Gasteiger partial charge on any atom is 0.331 e. The van der Waals surface area contributed by atoms with E-state index in [1.165, 1.54) is 13.0 Å². The van der Waals surface area contributed by atoms with Crippen LogP contribution in [0.2, 0.25) is 0 Å². The van der Waals surface area contributed by atoms with Gasteiger partial charge in [-0.1, -0.05) is 17.9 Å². The van der Waals surface area contributed by atoms with Crippen molar-refractivity contribution in [1.82, 2.24) is 0 Å². The van der Waals surface area contributed by atoms with E-state index in [0.29, 0.717) is 6.42 Å². The van der Waals surface area contributed by atoms with Crippen LogP contribution in [0.15, 0.2) is 12.2 Å². The molecule has 1 aliphatic rings. The number of aliphatic hydroxyl groups excluding tert-OH is 4. The lowest BCUT2D eigenvalue weighted by Crippen LogP contribution is -2.42. The highest BCUT2D eigenvalue weighted by molar-refractivity contribution is 5.83. The Bertz CT molecular complexity index is 378. The Hall–Kier alpha value is -1.39. The number of cyclic esters (lactones) is 1. The second-order valence-electron chi connectivity index (χ2n) is 4.02. The quantitative estimate of drug-likeness (QED) is 0.355. The summed E-state index contributed by atoms with van der Waals surface area (Å²) in [5.74, 6) is 4.25. The Labute approximate surface area is 105 Å². The Morgan fingerprint density at radius 2 is 2.00 bits per heavy atom. The third kappa shape index (κ3) is 4.13. The van der Waals surface area contributed by atoms with Gasteiger partial charge in [0.2, 0.25) is 0 Å². The zero-order valence-corrected chi connectivity index (χ0v) is 9.85. The van der Waals surface area contributed by atoms with E-state index in [9.17, 15) is 20.1 Å². The SMILES string of the molecule is C[C@H](O)[C@H](O)[C@@H](O)[C@@H](O)C#C[C@H]1CC=CC(=O)O1. The summed E-state index contributed by atoms with van der Waals surface area (Å²) in [6, 6.07) is 0. The van der Waals surface area contributed by atoms with E-state index in [-0.39, 0.29) is 0 Å². The molecule has 1 rings (SSSR count). The van der Waals surface area contributed by atoms with Gasteiger partial charge in [-0.05, 0) is 6.92 Å². The lowest BCUT2D eigenvalue weighted by molar-refractivity contribution is -0.141. The van der Waals surface area contributed by atoms with Gasteiger partial charge >= 0.3 is 5.97 Å². The third-order valence-electron chi connectivity index (χ3n) is 2.42. The van der Waals surface area contributed by atoms with Crippen LogP contribution in [0.4, 0.5) is 0 Å². The average Bonchev–Trinajstić information content (AvgIpc) is 2.34. The van der Waals surface area contributed by atoms with Crippen LogP contribution in [0.25, 0.3) is 0 Å². The summed E-state index contributed by atoms with van der Waals surface area (Å²) in [7, 11) is 0. The zero-order chi connectivity index (χ0) is 13.7. The van der Waals surface area contributed by atoms with E-state index in [0.717, 1.165) is 0 Å². The molecule has 0 aromatic carbocycles. The van der Waals surface area contributed by atoms with Crippen LogP contribution in [0.5, 0.6) is 0 Å². The molecule has 100 valence electrons. The first-order chi connectivity index (χ1) is 8.41. The van der Waals surface area contributed by atoms with Crippen LogP contribution in [-0.4, -0.2) is 56.9 Å². The van der Waals surface area contributed by atoms with Crippen molar-refractivity contribution in [2.75, 3.05) is 0 Å². The van der Waals surface area contributed by atoms with Gasteiger partial charge in [-0.25, -0.2) is 4.79 Å². The molecule has 0 unspecified atom stereocenters. The van der Waals surface area contributed by atoms with Crippen molar-refractivity contribution in [2.24, 2.45) is 0 Å². The maximum absolute atomic E-state index is 10.9. The summed E-state index contributed by atoms with van der Waals surface area (Å²) in [5, 5.41) is 37.3. The third-order valence-corrected chi connectivity index (χ3v) is 2.42. The Morgan fingerprint density at radius 1 is 1.33 bits per heavy atom. The van der Waals surface area contributed by atoms with Crippen LogP contribution in [0.3, 0.4) is 0 Å². The largest absolute Gasteiger partial charge is 0.446 e. The average molecular weight is 256 g/mol. The number of rotatable bonds is 3. The number of hydrogen-bond acceptors (Lipinski definition) is 6. The van der Waals surface area contributed by atoms with Gasteiger partial charge in [-0.2, -0.15) is 0 Å². The van der Waals surface area contributed by atoms with Crippen LogP contribution in [0.1, 0.15) is 13.3 Å². The van der Waals surface area contributed by atoms with Crippen molar-refractivity contribution in [3.8, 4) is 11.8 Å². The molecule has 0 saturated carbocycles. The number of aliphatic hydroxyl groups is 4. The van der Waals surface area contributed by atoms with Crippen molar-refractivity contribution in [3.05, 3.63) is 12.2 Å². The second kappa shape index (κ2) is 6.52. The smallest absolute Gasteiger partial charge is 0.331 e. The van der Waals surface area contributed by atoms with Crippen LogP contribution < -0.4 is 0 Å². The number of hydrogen-bond donors (Lipinski definition) is 4. The Balaban J connectivity index is 2.57. The van der Waals surface area contributed by atoms with Gasteiger partial charge in [0, 0.05) is 12.5 Å². The maximum atomic E-state index is 10.9. The molecule has 18 heavy (non-hydrogen) atoms. The van der Waals surface area contributed by atoms with Gasteiger partial charge < -0.3 is 25.2 Å². The van der Waals surface area contributed by atoms with Crippen molar-refractivity contribution in [1.29, 1.82) is 0 Å². The molecule has 0 aliphatic carbocycles. The number of carbonyl (C=O) groups excluding carboxylic acids is 1. The molecule has 0 amide bonds. The summed E-state index contributed by atoms with van der Waals surface area (Å²) >= 11 is 0. The standard InChI is InChI=1S/C12H16O6/c1-7(13)11(16)12(17)9(14)6-5-8-3-2-4-10(15)18-8/h2,4,7-9,11-14,16-17H,3H2,1H3/t7-,8+,9-,11-,12-/m0/s1. The Kier molecular flexibility index (Phi) is 5.31. The number of esters is 1. The molecule has 0 aromatic rings. The van der Waals surface area contributed by atoms with Crippen molar-refractivity contribution >= 4 is 5.97 Å². The van der Waals surface area contributed by atoms with E-state index in [4.69, 9.17) is 9.84 Å². The van der Waals surface area contributed by atoms with Crippen LogP contribution in [0, 0.1) is 11.8 Å². The fraction of sp³-hybridized carbons (Fsp3) is 0.583. The lowest BCUT2D eigenvalue weighted by Gasteiger charge is -2.21. The summed E-state index contributed by atoms with van der Waals surface area (Å²) in [6.07, 6.45) is -3.20. The highest BCUT2D eigenvalue weighted by atomic mass is 16.5. The fourth-order valence-corrected chi connectivity index (χ4v) is 1.34. The number of carbonyl (C=O) groups is 1. The molecule has 0 fully saturated rings. The topological polar surface area (TPSA) is 107 Å². The molecule has 0 saturated heterocycles. The predicted octanol–water partition coefficient (Wildman–Crippen LogP) is -1.67. The van der Waals surface area contributed by atoms with Crippen molar-refractivity contribution < 1.29 is 30.0 Å². The van der Waals surface area contributed by atoms with E-state index in [2.05, 4.69) is 11.8 Å². The summed E-state index contributed by atoms with van der Waals surface area (Å²) in [5.41, 5.74) is 0. The minimum atomic E-state index is -1.59. The van der Waals surface area contributed by atoms with Gasteiger partial charge in [-0.15, -0.1) is 0 Å². The van der Waals surface area contributed by atoms with Gasteiger partial charge in [0.1, 0.15) is 18.3 Å². The van der Waals surface area contributed by atoms with Gasteiger partial charge in [0.15, 0.2) is 6.10 Å². The van der Waals surface area contributed by atoms with E-state index in [1.807, 2.05) is 0 Å². The number of ether oxygens (including phenoxy) is 1. The molecule has 6 heteroatoms. The van der Waals surface area contributed by atoms with Crippen LogP contribution in [-0.2, 0) is 9.53 Å². The minimum Gasteiger partial charge on any atom is -0.446 e. The normalized spacial score (nSPS) is 25.4. The fourth-order valence-electron chi connectivity index (χ4n) is 1.34. The van der Waals surface area contributed by atoms with E-state index < -0.39 is 36.5 Å². The summed E-state index contributed by atoms with van der Waals surface area (Å²) in [4.78, 5) is 10.9. The molecular weight excluding hydrogens is 240 g/mol. The zero-order valence-electron chi connectivity index (χ0n) is 9.85. The summed E-state index contributed by atoms with van der Waals surface area (Å²) < 4.78 is 4.82. The molecule has 6 nitrogen and oxygen atoms in total. The van der Waals surface area contributed by atoms with E-state index in [1.54, 1.807) is 6.08 Å². The molecule has 1 aliphatic heterocycles. The predicted molar refractivity (Wildman–Crippen MR) is 61.1 cm³/mol. The van der Waals surface area contributed by atoms with Gasteiger partial charge in [0.25, 0.3) is 0 Å². The first kappa shape index (κ1) is 14.7. The van der Waals surface area contributed by atoms with E-state index >= 15 is 0 Å². The Morgan fingerprint density at radius 3 is 2.56 bits per heavy atom. The molecule has 0 bridgehead atoms. The van der Waals surface area contributed by atoms with Crippen molar-refractivity contribution in [3.63, 3.8) is 0 Å². The van der Waals surface area contributed by atoms with Gasteiger partial charge in [0.05, 0.1) is 6.10 Å². The molecule has 5 atom stereocenters. The molecule has 0 aromatic heterocycles. The molecule has 0 radical (unpaired) electrons. The molecule has 4 N–H and O–H groups in total. The highest BCUT2D eigenvalue weighted by Crippen LogP contribution is 2.07. The lowest BCUT2D eigenvalue weighted by atomic mass is 10.0. The first-order valence-corrected chi connectivity index (χ1v) is 5.52. The first-order valence-electron chi connectivity index (χ1n) is 5.52. The highest BCUT2D eigenvalue weighted by Gasteiger charge is 2.27. The molecule has 1 heterocycles. The molecule has 0 spiro atoms. The minimum absolute atomic E-state index is 0.403. The molecular formula is C12H16O6. The second-order valence-corrected chi connectivity index (χ2v) is 4.02.